The second kappa shape index (κ2) is 6.02. The van der Waals surface area contributed by atoms with Gasteiger partial charge in [-0.3, -0.25) is 0 Å². The Morgan fingerprint density at radius 1 is 1.11 bits per heavy atom. The zero-order chi connectivity index (χ0) is 12.9. The number of rotatable bonds is 4. The number of nitrogens with one attached hydrogen (secondary N) is 1. The van der Waals surface area contributed by atoms with Crippen LogP contribution in [0.3, 0.4) is 0 Å². The Morgan fingerprint density at radius 2 is 1.95 bits per heavy atom. The molecule has 1 heterocycles. The first-order valence-corrected chi connectivity index (χ1v) is 7.11. The van der Waals surface area contributed by atoms with Crippen molar-refractivity contribution in [2.75, 3.05) is 0 Å². The quantitative estimate of drug-likeness (QED) is 0.910. The van der Waals surface area contributed by atoms with Crippen molar-refractivity contribution in [1.29, 1.82) is 0 Å². The second-order valence-corrected chi connectivity index (χ2v) is 5.27. The lowest BCUT2D eigenvalue weighted by Gasteiger charge is -2.32. The summed E-state index contributed by atoms with van der Waals surface area (Å²) in [6.07, 6.45) is 6.87. The Kier molecular flexibility index (Phi) is 3.94. The normalized spacial score (nSPS) is 23.4. The van der Waals surface area contributed by atoms with Crippen molar-refractivity contribution >= 4 is 0 Å². The predicted molar refractivity (Wildman–Crippen MR) is 74.8 cm³/mol. The summed E-state index contributed by atoms with van der Waals surface area (Å²) in [5.74, 6) is 1.54. The highest BCUT2D eigenvalue weighted by Gasteiger charge is 2.26. The molecule has 2 unspecified atom stereocenters. The van der Waals surface area contributed by atoms with Crippen LogP contribution in [0.5, 0.6) is 0 Å². The van der Waals surface area contributed by atoms with E-state index in [9.17, 15) is 0 Å². The van der Waals surface area contributed by atoms with E-state index in [1.807, 2.05) is 6.07 Å². The van der Waals surface area contributed by atoms with Crippen LogP contribution in [0, 0.1) is 0 Å². The highest BCUT2D eigenvalue weighted by Crippen LogP contribution is 2.33. The number of hydrogen-bond donors (Lipinski definition) is 1. The first-order chi connectivity index (χ1) is 9.43. The summed E-state index contributed by atoms with van der Waals surface area (Å²) in [6.45, 7) is 0.772. The van der Waals surface area contributed by atoms with Crippen LogP contribution >= 0.6 is 0 Å². The minimum absolute atomic E-state index is 0.543. The molecule has 1 aliphatic carbocycles. The van der Waals surface area contributed by atoms with E-state index in [1.165, 1.54) is 31.2 Å². The van der Waals surface area contributed by atoms with Crippen molar-refractivity contribution in [3.05, 3.63) is 53.9 Å². The molecule has 3 heteroatoms. The molecule has 0 amide bonds. The fraction of sp³-hybridized carbons (Fsp3) is 0.438. The minimum atomic E-state index is 0.543. The van der Waals surface area contributed by atoms with Crippen molar-refractivity contribution in [2.24, 2.45) is 0 Å². The molecule has 100 valence electrons. The zero-order valence-electron chi connectivity index (χ0n) is 11.1. The molecule has 0 radical (unpaired) electrons. The molecule has 19 heavy (non-hydrogen) atoms. The maximum Gasteiger partial charge on any atom is 0.150 e. The summed E-state index contributed by atoms with van der Waals surface area (Å²) in [7, 11) is 0. The fourth-order valence-corrected chi connectivity index (χ4v) is 3.04. The maximum atomic E-state index is 5.15. The number of aromatic nitrogens is 1. The van der Waals surface area contributed by atoms with Crippen molar-refractivity contribution in [3.63, 3.8) is 0 Å². The monoisotopic (exact) mass is 256 g/mol. The smallest absolute Gasteiger partial charge is 0.150 e. The van der Waals surface area contributed by atoms with Gasteiger partial charge in [-0.2, -0.15) is 0 Å². The van der Waals surface area contributed by atoms with Crippen molar-refractivity contribution in [2.45, 2.75) is 44.2 Å². The molecule has 0 spiro atoms. The molecule has 0 saturated heterocycles. The van der Waals surface area contributed by atoms with Crippen LogP contribution in [0.2, 0.25) is 0 Å². The Balaban J connectivity index is 1.67. The zero-order valence-corrected chi connectivity index (χ0v) is 11.1. The van der Waals surface area contributed by atoms with Crippen LogP contribution in [-0.4, -0.2) is 11.2 Å². The van der Waals surface area contributed by atoms with Crippen LogP contribution < -0.4 is 5.32 Å². The van der Waals surface area contributed by atoms with E-state index < -0.39 is 0 Å². The third-order valence-electron chi connectivity index (χ3n) is 4.02. The van der Waals surface area contributed by atoms with Crippen LogP contribution in [0.1, 0.15) is 42.9 Å². The molecule has 1 N–H and O–H groups in total. The fourth-order valence-electron chi connectivity index (χ4n) is 3.04. The van der Waals surface area contributed by atoms with E-state index in [1.54, 1.807) is 6.20 Å². The Hall–Kier alpha value is -1.61. The lowest BCUT2D eigenvalue weighted by Crippen LogP contribution is -2.36. The van der Waals surface area contributed by atoms with Gasteiger partial charge in [0.15, 0.2) is 0 Å². The van der Waals surface area contributed by atoms with E-state index >= 15 is 0 Å². The first kappa shape index (κ1) is 12.4. The van der Waals surface area contributed by atoms with Gasteiger partial charge in [-0.1, -0.05) is 48.3 Å². The predicted octanol–water partition coefficient (Wildman–Crippen LogP) is 3.49. The van der Waals surface area contributed by atoms with Gasteiger partial charge in [0.1, 0.15) is 5.76 Å². The Morgan fingerprint density at radius 3 is 2.74 bits per heavy atom. The average Bonchev–Trinajstić information content (AvgIpc) is 3.00. The minimum Gasteiger partial charge on any atom is -0.360 e. The summed E-state index contributed by atoms with van der Waals surface area (Å²) < 4.78 is 5.15. The molecule has 3 rings (SSSR count). The molecular weight excluding hydrogens is 236 g/mol. The molecule has 2 atom stereocenters. The van der Waals surface area contributed by atoms with Gasteiger partial charge >= 0.3 is 0 Å². The van der Waals surface area contributed by atoms with E-state index in [2.05, 4.69) is 40.8 Å². The molecule has 0 bridgehead atoms. The van der Waals surface area contributed by atoms with Crippen LogP contribution in [0.4, 0.5) is 0 Å². The van der Waals surface area contributed by atoms with Crippen LogP contribution in [0.15, 0.2) is 47.1 Å². The largest absolute Gasteiger partial charge is 0.360 e. The van der Waals surface area contributed by atoms with Crippen LogP contribution in [-0.2, 0) is 6.54 Å². The number of hydrogen-bond acceptors (Lipinski definition) is 3. The number of nitrogens with zero attached hydrogens (tertiary/aromatic N) is 1. The highest BCUT2D eigenvalue weighted by atomic mass is 16.5. The van der Waals surface area contributed by atoms with Gasteiger partial charge in [0, 0.05) is 12.1 Å². The summed E-state index contributed by atoms with van der Waals surface area (Å²) in [6, 6.07) is 13.3. The second-order valence-electron chi connectivity index (χ2n) is 5.27. The number of benzene rings is 1. The van der Waals surface area contributed by atoms with Crippen LogP contribution in [0.25, 0.3) is 0 Å². The summed E-state index contributed by atoms with van der Waals surface area (Å²) >= 11 is 0. The van der Waals surface area contributed by atoms with Gasteiger partial charge in [-0.25, -0.2) is 0 Å². The van der Waals surface area contributed by atoms with E-state index in [4.69, 9.17) is 4.52 Å². The molecule has 1 fully saturated rings. The topological polar surface area (TPSA) is 38.1 Å². The van der Waals surface area contributed by atoms with Crippen molar-refractivity contribution in [3.8, 4) is 0 Å². The van der Waals surface area contributed by atoms with Crippen molar-refractivity contribution in [1.82, 2.24) is 10.5 Å². The average molecular weight is 256 g/mol. The first-order valence-electron chi connectivity index (χ1n) is 7.11. The van der Waals surface area contributed by atoms with Gasteiger partial charge in [0.25, 0.3) is 0 Å². The van der Waals surface area contributed by atoms with Gasteiger partial charge in [0.2, 0.25) is 0 Å². The van der Waals surface area contributed by atoms with E-state index in [0.29, 0.717) is 12.0 Å². The summed E-state index contributed by atoms with van der Waals surface area (Å²) in [5, 5.41) is 7.39. The lowest BCUT2D eigenvalue weighted by atomic mass is 9.80. The molecule has 0 aliphatic heterocycles. The highest BCUT2D eigenvalue weighted by molar-refractivity contribution is 5.22. The van der Waals surface area contributed by atoms with Gasteiger partial charge in [-0.15, -0.1) is 0 Å². The SMILES string of the molecule is c1ccc(C2CCCCC2NCc2ccno2)cc1. The van der Waals surface area contributed by atoms with E-state index in [0.717, 1.165) is 12.3 Å². The van der Waals surface area contributed by atoms with Gasteiger partial charge in [0.05, 0.1) is 12.7 Å². The van der Waals surface area contributed by atoms with Gasteiger partial charge < -0.3 is 9.84 Å². The Labute approximate surface area is 114 Å². The molecule has 1 saturated carbocycles. The molecule has 2 aromatic rings. The van der Waals surface area contributed by atoms with Crippen molar-refractivity contribution < 1.29 is 4.52 Å². The molecule has 3 nitrogen and oxygen atoms in total. The lowest BCUT2D eigenvalue weighted by molar-refractivity contribution is 0.304. The standard InChI is InChI=1S/C16H20N2O/c1-2-6-13(7-3-1)15-8-4-5-9-16(15)17-12-14-10-11-18-19-14/h1-3,6-7,10-11,15-17H,4-5,8-9,12H2. The third-order valence-corrected chi connectivity index (χ3v) is 4.02. The Bertz CT molecular complexity index is 481. The molecule has 1 aliphatic rings. The molecule has 1 aromatic carbocycles. The summed E-state index contributed by atoms with van der Waals surface area (Å²) in [4.78, 5) is 0. The third kappa shape index (κ3) is 3.04. The molecular formula is C16H20N2O. The van der Waals surface area contributed by atoms with Gasteiger partial charge in [-0.05, 0) is 24.3 Å². The molecule has 1 aromatic heterocycles. The summed E-state index contributed by atoms with van der Waals surface area (Å²) in [5.41, 5.74) is 1.46. The maximum absolute atomic E-state index is 5.15. The van der Waals surface area contributed by atoms with E-state index in [-0.39, 0.29) is 0 Å².